The van der Waals surface area contributed by atoms with E-state index in [0.717, 1.165) is 0 Å². The standard InChI is InChI=1S/C35H46FN5O7/c1-21(2)29-32(45)38-22(3)19-48-27-12-7-6-11-25(27)30(43)39-26(18-28(42)41-34(4,5)33(46)40-29)31(44)37-20-35(13-15-47-16-14-35)23-9-8-10-24(36)17-23/h6-12,17,21-22,26,29H,13-16,18-20H2,1-5H3,(H,37,44)(H,38,45)(H,39,43)(H,40,46)(H,41,42)/t22-,26-,29+/m0/s1. The molecule has 0 unspecified atom stereocenters. The second-order valence-corrected chi connectivity index (χ2v) is 13.4. The number of carbonyl (C=O) groups excluding carboxylic acids is 5. The van der Waals surface area contributed by atoms with Gasteiger partial charge in [0.15, 0.2) is 0 Å². The lowest BCUT2D eigenvalue weighted by atomic mass is 9.74. The Labute approximate surface area is 280 Å². The van der Waals surface area contributed by atoms with E-state index in [1.54, 1.807) is 45.0 Å². The first kappa shape index (κ1) is 36.3. The maximum absolute atomic E-state index is 14.3. The molecule has 0 bridgehead atoms. The molecule has 5 N–H and O–H groups in total. The van der Waals surface area contributed by atoms with Gasteiger partial charge in [-0.1, -0.05) is 38.1 Å². The van der Waals surface area contributed by atoms with Crippen molar-refractivity contribution in [3.05, 3.63) is 65.5 Å². The summed E-state index contributed by atoms with van der Waals surface area (Å²) in [4.78, 5) is 67.4. The van der Waals surface area contributed by atoms with Crippen LogP contribution in [0.4, 0.5) is 4.39 Å². The molecule has 0 aromatic heterocycles. The fourth-order valence-corrected chi connectivity index (χ4v) is 5.84. The van der Waals surface area contributed by atoms with Crippen LogP contribution in [0.5, 0.6) is 5.75 Å². The fourth-order valence-electron chi connectivity index (χ4n) is 5.84. The number of carbonyl (C=O) groups is 5. The summed E-state index contributed by atoms with van der Waals surface area (Å²) < 4.78 is 25.7. The van der Waals surface area contributed by atoms with Crippen LogP contribution in [0.15, 0.2) is 48.5 Å². The van der Waals surface area contributed by atoms with Crippen LogP contribution in [-0.2, 0) is 29.3 Å². The Morgan fingerprint density at radius 1 is 1.00 bits per heavy atom. The van der Waals surface area contributed by atoms with Crippen molar-refractivity contribution in [2.75, 3.05) is 26.4 Å². The molecule has 0 saturated carbocycles. The first-order valence-corrected chi connectivity index (χ1v) is 16.3. The number of halogens is 1. The molecule has 260 valence electrons. The maximum Gasteiger partial charge on any atom is 0.255 e. The van der Waals surface area contributed by atoms with Gasteiger partial charge < -0.3 is 36.1 Å². The quantitative estimate of drug-likeness (QED) is 0.326. The van der Waals surface area contributed by atoms with E-state index in [0.29, 0.717) is 31.6 Å². The van der Waals surface area contributed by atoms with Crippen molar-refractivity contribution in [1.29, 1.82) is 0 Å². The van der Waals surface area contributed by atoms with Gasteiger partial charge in [-0.2, -0.15) is 0 Å². The molecule has 2 aromatic rings. The van der Waals surface area contributed by atoms with E-state index in [1.807, 2.05) is 6.07 Å². The predicted octanol–water partition coefficient (Wildman–Crippen LogP) is 2.11. The van der Waals surface area contributed by atoms with Crippen molar-refractivity contribution in [2.45, 2.75) is 83.0 Å². The van der Waals surface area contributed by atoms with Crippen LogP contribution in [0.25, 0.3) is 0 Å². The van der Waals surface area contributed by atoms with Crippen LogP contribution in [0.1, 0.15) is 69.8 Å². The molecule has 4 rings (SSSR count). The second kappa shape index (κ2) is 15.6. The van der Waals surface area contributed by atoms with E-state index in [-0.39, 0.29) is 30.4 Å². The minimum atomic E-state index is -1.48. The zero-order chi connectivity index (χ0) is 35.1. The molecule has 0 spiro atoms. The van der Waals surface area contributed by atoms with E-state index < -0.39 is 70.9 Å². The molecule has 13 heteroatoms. The summed E-state index contributed by atoms with van der Waals surface area (Å²) in [5, 5.41) is 13.8. The second-order valence-electron chi connectivity index (χ2n) is 13.4. The van der Waals surface area contributed by atoms with Gasteiger partial charge >= 0.3 is 0 Å². The molecule has 48 heavy (non-hydrogen) atoms. The van der Waals surface area contributed by atoms with E-state index in [9.17, 15) is 28.4 Å². The third-order valence-electron chi connectivity index (χ3n) is 8.76. The molecule has 3 atom stereocenters. The third kappa shape index (κ3) is 9.09. The van der Waals surface area contributed by atoms with Crippen molar-refractivity contribution >= 4 is 29.5 Å². The average Bonchev–Trinajstić information content (AvgIpc) is 3.04. The molecule has 2 aliphatic heterocycles. The number of hydrogen-bond acceptors (Lipinski definition) is 7. The molecule has 12 nitrogen and oxygen atoms in total. The summed E-state index contributed by atoms with van der Waals surface area (Å²) >= 11 is 0. The number of para-hydroxylation sites is 1. The summed E-state index contributed by atoms with van der Waals surface area (Å²) in [5.74, 6) is -3.48. The molecule has 2 aliphatic rings. The third-order valence-corrected chi connectivity index (χ3v) is 8.76. The number of nitrogens with one attached hydrogen (secondary N) is 5. The van der Waals surface area contributed by atoms with Crippen molar-refractivity contribution in [3.63, 3.8) is 0 Å². The smallest absolute Gasteiger partial charge is 0.255 e. The van der Waals surface area contributed by atoms with Crippen LogP contribution >= 0.6 is 0 Å². The maximum atomic E-state index is 14.3. The Bertz CT molecular complexity index is 1510. The molecule has 1 fully saturated rings. The highest BCUT2D eigenvalue weighted by Gasteiger charge is 2.38. The highest BCUT2D eigenvalue weighted by atomic mass is 19.1. The molecule has 2 aromatic carbocycles. The number of hydrogen-bond donors (Lipinski definition) is 5. The monoisotopic (exact) mass is 667 g/mol. The minimum Gasteiger partial charge on any atom is -0.491 e. The Kier molecular flexibility index (Phi) is 11.8. The van der Waals surface area contributed by atoms with E-state index in [4.69, 9.17) is 9.47 Å². The number of fused-ring (bicyclic) bond motifs is 1. The number of ether oxygens (including phenoxy) is 2. The Hall–Kier alpha value is -4.52. The van der Waals surface area contributed by atoms with Crippen molar-refractivity contribution in [2.24, 2.45) is 5.92 Å². The largest absolute Gasteiger partial charge is 0.491 e. The molecule has 1 saturated heterocycles. The molecule has 0 aliphatic carbocycles. The first-order valence-electron chi connectivity index (χ1n) is 16.3. The first-order chi connectivity index (χ1) is 22.7. The van der Waals surface area contributed by atoms with E-state index >= 15 is 0 Å². The highest BCUT2D eigenvalue weighted by Crippen LogP contribution is 2.34. The fraction of sp³-hybridized carbons (Fsp3) is 0.514. The summed E-state index contributed by atoms with van der Waals surface area (Å²) in [6.07, 6.45) is 0.545. The van der Waals surface area contributed by atoms with Gasteiger partial charge in [0.25, 0.3) is 5.91 Å². The summed E-state index contributed by atoms with van der Waals surface area (Å²) in [7, 11) is 0. The molecular weight excluding hydrogens is 621 g/mol. The van der Waals surface area contributed by atoms with Gasteiger partial charge in [-0.25, -0.2) is 4.39 Å². The van der Waals surface area contributed by atoms with E-state index in [1.165, 1.54) is 32.0 Å². The van der Waals surface area contributed by atoms with Gasteiger partial charge in [0, 0.05) is 25.2 Å². The highest BCUT2D eigenvalue weighted by molar-refractivity contribution is 6.01. The Balaban J connectivity index is 1.64. The predicted molar refractivity (Wildman–Crippen MR) is 176 cm³/mol. The van der Waals surface area contributed by atoms with Gasteiger partial charge in [0.2, 0.25) is 23.6 Å². The van der Waals surface area contributed by atoms with Crippen LogP contribution in [-0.4, -0.2) is 79.6 Å². The summed E-state index contributed by atoms with van der Waals surface area (Å²) in [6.45, 7) is 9.22. The lowest BCUT2D eigenvalue weighted by Gasteiger charge is -2.38. The molecule has 2 heterocycles. The van der Waals surface area contributed by atoms with Crippen molar-refractivity contribution in [1.82, 2.24) is 26.6 Å². The number of benzene rings is 2. The van der Waals surface area contributed by atoms with Crippen molar-refractivity contribution in [3.8, 4) is 5.75 Å². The number of amides is 5. The normalized spacial score (nSPS) is 23.7. The lowest BCUT2D eigenvalue weighted by molar-refractivity contribution is -0.136. The number of rotatable bonds is 5. The topological polar surface area (TPSA) is 164 Å². The van der Waals surface area contributed by atoms with Crippen molar-refractivity contribution < 1.29 is 37.8 Å². The minimum absolute atomic E-state index is 0.0100. The zero-order valence-corrected chi connectivity index (χ0v) is 28.1. The SMILES string of the molecule is CC(C)[C@H]1NC(=O)C(C)(C)NC(=O)C[C@@H](C(=O)NCC2(c3cccc(F)c3)CCOCC2)NC(=O)c2ccccc2OC[C@H](C)NC1=O. The van der Waals surface area contributed by atoms with Gasteiger partial charge in [-0.3, -0.25) is 24.0 Å². The van der Waals surface area contributed by atoms with Crippen LogP contribution < -0.4 is 31.3 Å². The van der Waals surface area contributed by atoms with Crippen LogP contribution in [0.3, 0.4) is 0 Å². The summed E-state index contributed by atoms with van der Waals surface area (Å²) in [6, 6.07) is 9.90. The average molecular weight is 668 g/mol. The van der Waals surface area contributed by atoms with Crippen LogP contribution in [0.2, 0.25) is 0 Å². The Morgan fingerprint density at radius 3 is 2.40 bits per heavy atom. The zero-order valence-electron chi connectivity index (χ0n) is 28.1. The lowest BCUT2D eigenvalue weighted by Crippen LogP contribution is -2.61. The van der Waals surface area contributed by atoms with Gasteiger partial charge in [-0.05, 0) is 69.4 Å². The molecule has 5 amide bonds. The summed E-state index contributed by atoms with van der Waals surface area (Å²) in [5.41, 5.74) is -1.28. The van der Waals surface area contributed by atoms with Gasteiger partial charge in [0.05, 0.1) is 18.0 Å². The Morgan fingerprint density at radius 2 is 1.71 bits per heavy atom. The van der Waals surface area contributed by atoms with Gasteiger partial charge in [-0.15, -0.1) is 0 Å². The van der Waals surface area contributed by atoms with Crippen LogP contribution in [0, 0.1) is 11.7 Å². The van der Waals surface area contributed by atoms with Gasteiger partial charge in [0.1, 0.15) is 35.8 Å². The van der Waals surface area contributed by atoms with E-state index in [2.05, 4.69) is 26.6 Å². The molecule has 0 radical (unpaired) electrons. The molecular formula is C35H46FN5O7.